The van der Waals surface area contributed by atoms with Gasteiger partial charge >= 0.3 is 0 Å². The smallest absolute Gasteiger partial charge is 0.223 e. The molecule has 9 heteroatoms. The molecular formula is C28H37N7O2. The molecular weight excluding hydrogens is 466 g/mol. The quantitative estimate of drug-likeness (QED) is 0.513. The topological polar surface area (TPSA) is 88.5 Å². The molecule has 0 atom stereocenters. The number of rotatable bonds is 7. The van der Waals surface area contributed by atoms with Crippen molar-refractivity contribution in [1.29, 1.82) is 0 Å². The summed E-state index contributed by atoms with van der Waals surface area (Å²) in [4.78, 5) is 23.3. The van der Waals surface area contributed by atoms with Crippen LogP contribution in [0.1, 0.15) is 50.6 Å². The Morgan fingerprint density at radius 2 is 1.70 bits per heavy atom. The standard InChI is InChI=1S/C28H37N7O2/c1-2-12-34(13-3-1)20-22-8-9-31-28(33-22)32-21-4-6-24(7-5-21)37-26-19-23(35-14-16-36-17-15-35)18-25-27(26)30-11-10-29-25/h8-11,18-19,21,24H,1-7,12-17,20H2,(H,31,32,33)/t21-,24+. The van der Waals surface area contributed by atoms with Crippen molar-refractivity contribution >= 4 is 22.7 Å². The molecule has 2 aliphatic heterocycles. The molecule has 0 bridgehead atoms. The molecule has 9 nitrogen and oxygen atoms in total. The van der Waals surface area contributed by atoms with Crippen molar-refractivity contribution in [3.63, 3.8) is 0 Å². The largest absolute Gasteiger partial charge is 0.488 e. The molecule has 1 aliphatic carbocycles. The SMILES string of the molecule is c1cc(CN2CCCCC2)nc(N[C@H]2CC[C@@H](Oc3cc(N4CCOCC4)cc4nccnc34)CC2)n1. The van der Waals surface area contributed by atoms with Gasteiger partial charge in [0.2, 0.25) is 5.95 Å². The molecule has 3 aliphatic rings. The van der Waals surface area contributed by atoms with Gasteiger partial charge in [0.05, 0.1) is 30.5 Å². The summed E-state index contributed by atoms with van der Waals surface area (Å²) in [7, 11) is 0. The molecule has 1 saturated carbocycles. The minimum atomic E-state index is 0.162. The van der Waals surface area contributed by atoms with Gasteiger partial charge in [0.15, 0.2) is 0 Å². The highest BCUT2D eigenvalue weighted by molar-refractivity contribution is 5.85. The molecule has 0 radical (unpaired) electrons. The molecule has 2 saturated heterocycles. The molecule has 0 spiro atoms. The number of anilines is 2. The van der Waals surface area contributed by atoms with Crippen molar-refractivity contribution in [2.75, 3.05) is 49.6 Å². The number of piperidine rings is 1. The minimum Gasteiger partial charge on any atom is -0.488 e. The number of nitrogens with one attached hydrogen (secondary N) is 1. The third kappa shape index (κ3) is 6.10. The number of benzene rings is 1. The zero-order valence-corrected chi connectivity index (χ0v) is 21.5. The third-order valence-electron chi connectivity index (χ3n) is 7.75. The van der Waals surface area contributed by atoms with Crippen LogP contribution < -0.4 is 15.0 Å². The van der Waals surface area contributed by atoms with Crippen LogP contribution in [-0.2, 0) is 11.3 Å². The molecule has 4 heterocycles. The first kappa shape index (κ1) is 24.3. The maximum atomic E-state index is 6.58. The Morgan fingerprint density at radius 3 is 2.54 bits per heavy atom. The van der Waals surface area contributed by atoms with E-state index in [1.807, 2.05) is 12.3 Å². The predicted molar refractivity (Wildman–Crippen MR) is 144 cm³/mol. The van der Waals surface area contributed by atoms with Crippen LogP contribution in [0.25, 0.3) is 11.0 Å². The lowest BCUT2D eigenvalue weighted by atomic mass is 9.93. The Kier molecular flexibility index (Phi) is 7.60. The monoisotopic (exact) mass is 503 g/mol. The average molecular weight is 504 g/mol. The van der Waals surface area contributed by atoms with E-state index in [0.29, 0.717) is 6.04 Å². The molecule has 0 amide bonds. The van der Waals surface area contributed by atoms with E-state index in [2.05, 4.69) is 42.2 Å². The second-order valence-electron chi connectivity index (χ2n) is 10.4. The number of aromatic nitrogens is 4. The van der Waals surface area contributed by atoms with Crippen LogP contribution >= 0.6 is 0 Å². The van der Waals surface area contributed by atoms with Gasteiger partial charge in [-0.05, 0) is 63.7 Å². The van der Waals surface area contributed by atoms with E-state index in [4.69, 9.17) is 14.5 Å². The van der Waals surface area contributed by atoms with E-state index in [-0.39, 0.29) is 6.10 Å². The fraction of sp³-hybridized carbons (Fsp3) is 0.571. The molecule has 3 fully saturated rings. The van der Waals surface area contributed by atoms with Crippen LogP contribution in [0, 0.1) is 0 Å². The summed E-state index contributed by atoms with van der Waals surface area (Å²) in [5.41, 5.74) is 3.94. The fourth-order valence-corrected chi connectivity index (χ4v) is 5.71. The van der Waals surface area contributed by atoms with Crippen LogP contribution in [0.4, 0.5) is 11.6 Å². The van der Waals surface area contributed by atoms with E-state index in [9.17, 15) is 0 Å². The highest BCUT2D eigenvalue weighted by Gasteiger charge is 2.25. The summed E-state index contributed by atoms with van der Waals surface area (Å²) in [6.45, 7) is 6.51. The molecule has 1 N–H and O–H groups in total. The molecule has 1 aromatic carbocycles. The number of ether oxygens (including phenoxy) is 2. The number of fused-ring (bicyclic) bond motifs is 1. The second kappa shape index (κ2) is 11.6. The van der Waals surface area contributed by atoms with Gasteiger partial charge < -0.3 is 19.7 Å². The van der Waals surface area contributed by atoms with Gasteiger partial charge in [0.1, 0.15) is 11.3 Å². The minimum absolute atomic E-state index is 0.162. The molecule has 6 rings (SSSR count). The normalized spacial score (nSPS) is 23.2. The van der Waals surface area contributed by atoms with Crippen LogP contribution in [0.2, 0.25) is 0 Å². The Balaban J connectivity index is 1.07. The highest BCUT2D eigenvalue weighted by Crippen LogP contribution is 2.33. The van der Waals surface area contributed by atoms with E-state index < -0.39 is 0 Å². The van der Waals surface area contributed by atoms with Crippen LogP contribution in [0.5, 0.6) is 5.75 Å². The second-order valence-corrected chi connectivity index (χ2v) is 10.4. The summed E-state index contributed by atoms with van der Waals surface area (Å²) >= 11 is 0. The average Bonchev–Trinajstić information content (AvgIpc) is 2.95. The van der Waals surface area contributed by atoms with Crippen molar-refractivity contribution in [3.05, 3.63) is 42.5 Å². The maximum Gasteiger partial charge on any atom is 0.223 e. The summed E-state index contributed by atoms with van der Waals surface area (Å²) < 4.78 is 12.1. The Labute approximate surface area is 218 Å². The number of likely N-dealkylation sites (tertiary alicyclic amines) is 1. The van der Waals surface area contributed by atoms with Crippen molar-refractivity contribution in [2.24, 2.45) is 0 Å². The number of morpholine rings is 1. The third-order valence-corrected chi connectivity index (χ3v) is 7.75. The summed E-state index contributed by atoms with van der Waals surface area (Å²) in [5, 5.41) is 3.59. The summed E-state index contributed by atoms with van der Waals surface area (Å²) in [6.07, 6.45) is 13.5. The number of hydrogen-bond donors (Lipinski definition) is 1. The number of nitrogens with zero attached hydrogens (tertiary/aromatic N) is 6. The van der Waals surface area contributed by atoms with Gasteiger partial charge in [0.25, 0.3) is 0 Å². The van der Waals surface area contributed by atoms with Crippen molar-refractivity contribution in [1.82, 2.24) is 24.8 Å². The molecule has 2 aromatic heterocycles. The maximum absolute atomic E-state index is 6.58. The molecule has 196 valence electrons. The predicted octanol–water partition coefficient (Wildman–Crippen LogP) is 4.04. The summed E-state index contributed by atoms with van der Waals surface area (Å²) in [6, 6.07) is 6.65. The van der Waals surface area contributed by atoms with Gasteiger partial charge in [0, 0.05) is 56.0 Å². The van der Waals surface area contributed by atoms with Gasteiger partial charge in [-0.2, -0.15) is 0 Å². The first-order chi connectivity index (χ1) is 18.3. The first-order valence-corrected chi connectivity index (χ1v) is 13.8. The lowest BCUT2D eigenvalue weighted by Crippen LogP contribution is -2.36. The Hall–Kier alpha value is -3.04. The lowest BCUT2D eigenvalue weighted by Gasteiger charge is -2.31. The zero-order valence-electron chi connectivity index (χ0n) is 21.5. The van der Waals surface area contributed by atoms with Crippen molar-refractivity contribution < 1.29 is 9.47 Å². The molecule has 0 unspecified atom stereocenters. The number of hydrogen-bond acceptors (Lipinski definition) is 9. The fourth-order valence-electron chi connectivity index (χ4n) is 5.71. The zero-order chi connectivity index (χ0) is 24.9. The Morgan fingerprint density at radius 1 is 0.892 bits per heavy atom. The van der Waals surface area contributed by atoms with Crippen LogP contribution in [-0.4, -0.2) is 76.4 Å². The first-order valence-electron chi connectivity index (χ1n) is 13.8. The highest BCUT2D eigenvalue weighted by atomic mass is 16.5. The molecule has 3 aromatic rings. The van der Waals surface area contributed by atoms with Gasteiger partial charge in [-0.3, -0.25) is 9.88 Å². The van der Waals surface area contributed by atoms with Crippen molar-refractivity contribution in [3.8, 4) is 5.75 Å². The van der Waals surface area contributed by atoms with Gasteiger partial charge in [-0.1, -0.05) is 6.42 Å². The van der Waals surface area contributed by atoms with Crippen LogP contribution in [0.3, 0.4) is 0 Å². The lowest BCUT2D eigenvalue weighted by molar-refractivity contribution is 0.122. The Bertz CT molecular complexity index is 1170. The van der Waals surface area contributed by atoms with E-state index >= 15 is 0 Å². The van der Waals surface area contributed by atoms with Crippen molar-refractivity contribution in [2.45, 2.75) is 63.6 Å². The molecule has 37 heavy (non-hydrogen) atoms. The summed E-state index contributed by atoms with van der Waals surface area (Å²) in [5.74, 6) is 1.58. The van der Waals surface area contributed by atoms with E-state index in [1.54, 1.807) is 12.4 Å². The van der Waals surface area contributed by atoms with E-state index in [0.717, 1.165) is 92.6 Å². The van der Waals surface area contributed by atoms with Gasteiger partial charge in [-0.15, -0.1) is 0 Å². The van der Waals surface area contributed by atoms with Gasteiger partial charge in [-0.25, -0.2) is 15.0 Å². The van der Waals surface area contributed by atoms with Crippen LogP contribution in [0.15, 0.2) is 36.8 Å². The van der Waals surface area contributed by atoms with E-state index in [1.165, 1.54) is 32.4 Å².